The van der Waals surface area contributed by atoms with E-state index >= 15 is 0 Å². The third kappa shape index (κ3) is 5.27. The zero-order chi connectivity index (χ0) is 17.4. The topological polar surface area (TPSA) is 48.2 Å². The van der Waals surface area contributed by atoms with E-state index in [0.717, 1.165) is 23.5 Å². The molecule has 0 amide bonds. The first-order valence-corrected chi connectivity index (χ1v) is 7.76. The summed E-state index contributed by atoms with van der Waals surface area (Å²) < 4.78 is 0. The first-order valence-electron chi connectivity index (χ1n) is 7.76. The van der Waals surface area contributed by atoms with Crippen LogP contribution in [0.2, 0.25) is 0 Å². The highest BCUT2D eigenvalue weighted by atomic mass is 14.9. The van der Waals surface area contributed by atoms with Gasteiger partial charge in [-0.2, -0.15) is 5.26 Å². The Morgan fingerprint density at radius 2 is 2.13 bits per heavy atom. The maximum atomic E-state index is 9.03. The number of nitriles is 1. The Balaban J connectivity index is 2.93. The van der Waals surface area contributed by atoms with Crippen molar-refractivity contribution in [2.75, 3.05) is 0 Å². The number of nitrogens with zero attached hydrogens (tertiary/aromatic N) is 2. The Morgan fingerprint density at radius 1 is 1.43 bits per heavy atom. The van der Waals surface area contributed by atoms with Crippen molar-refractivity contribution in [1.82, 2.24) is 5.32 Å². The van der Waals surface area contributed by atoms with Gasteiger partial charge in [-0.05, 0) is 56.5 Å². The van der Waals surface area contributed by atoms with E-state index in [-0.39, 0.29) is 6.04 Å². The summed E-state index contributed by atoms with van der Waals surface area (Å²) in [4.78, 5) is 4.48. The van der Waals surface area contributed by atoms with E-state index < -0.39 is 0 Å². The highest BCUT2D eigenvalue weighted by molar-refractivity contribution is 5.97. The van der Waals surface area contributed by atoms with Crippen molar-refractivity contribution in [3.63, 3.8) is 0 Å². The number of hydrogen-bond acceptors (Lipinski definition) is 3. The third-order valence-electron chi connectivity index (χ3n) is 3.65. The van der Waals surface area contributed by atoms with E-state index in [2.05, 4.69) is 43.4 Å². The third-order valence-corrected chi connectivity index (χ3v) is 3.65. The molecule has 3 nitrogen and oxygen atoms in total. The van der Waals surface area contributed by atoms with Crippen molar-refractivity contribution in [3.05, 3.63) is 71.6 Å². The number of benzene rings is 1. The molecule has 0 spiro atoms. The second-order valence-electron chi connectivity index (χ2n) is 5.46. The van der Waals surface area contributed by atoms with Crippen molar-refractivity contribution in [2.24, 2.45) is 4.99 Å². The summed E-state index contributed by atoms with van der Waals surface area (Å²) in [5.74, 6) is 0. The lowest BCUT2D eigenvalue weighted by atomic mass is 9.97. The van der Waals surface area contributed by atoms with Crippen LogP contribution in [0.5, 0.6) is 0 Å². The van der Waals surface area contributed by atoms with Crippen molar-refractivity contribution >= 4 is 5.71 Å². The molecule has 1 N–H and O–H groups in total. The summed E-state index contributed by atoms with van der Waals surface area (Å²) >= 11 is 0. The Kier molecular flexibility index (Phi) is 7.02. The summed E-state index contributed by atoms with van der Waals surface area (Å²) in [6, 6.07) is 8.10. The van der Waals surface area contributed by atoms with Crippen LogP contribution >= 0.6 is 0 Å². The normalized spacial score (nSPS) is 13.2. The molecule has 0 fully saturated rings. The fourth-order valence-electron chi connectivity index (χ4n) is 2.39. The first kappa shape index (κ1) is 18.4. The molecule has 1 aromatic carbocycles. The molecule has 0 saturated carbocycles. The summed E-state index contributed by atoms with van der Waals surface area (Å²) in [6.07, 6.45) is 4.46. The van der Waals surface area contributed by atoms with Crippen LogP contribution in [0.3, 0.4) is 0 Å². The zero-order valence-electron chi connectivity index (χ0n) is 14.5. The van der Waals surface area contributed by atoms with Gasteiger partial charge in [-0.25, -0.2) is 0 Å². The quantitative estimate of drug-likeness (QED) is 0.579. The van der Waals surface area contributed by atoms with Crippen molar-refractivity contribution in [3.8, 4) is 6.07 Å². The molecule has 0 bridgehead atoms. The highest BCUT2D eigenvalue weighted by Crippen LogP contribution is 2.21. The molecule has 0 aliphatic rings. The zero-order valence-corrected chi connectivity index (χ0v) is 14.5. The van der Waals surface area contributed by atoms with Crippen LogP contribution in [0.1, 0.15) is 50.4 Å². The fraction of sp³-hybridized carbons (Fsp3) is 0.300. The SMILES string of the molecule is C=C/C=C(\C)N=C(C)C(=C)NC(C)c1ccc(C#N)cc1CC. The van der Waals surface area contributed by atoms with E-state index in [0.29, 0.717) is 5.56 Å². The average molecular weight is 307 g/mol. The molecule has 1 atom stereocenters. The number of rotatable bonds is 7. The molecular weight excluding hydrogens is 282 g/mol. The standard InChI is InChI=1S/C20H25N3/c1-7-9-14(3)22-15(4)16(5)23-17(6)20-11-10-18(13-21)12-19(20)8-2/h7,9-12,17,23H,1,5,8H2,2-4,6H3/b14-9+,22-15?. The summed E-state index contributed by atoms with van der Waals surface area (Å²) in [7, 11) is 0. The van der Waals surface area contributed by atoms with E-state index in [1.165, 1.54) is 11.1 Å². The molecule has 120 valence electrons. The molecule has 1 aromatic rings. The molecule has 0 aromatic heterocycles. The van der Waals surface area contributed by atoms with Crippen LogP contribution < -0.4 is 5.32 Å². The van der Waals surface area contributed by atoms with E-state index in [1.807, 2.05) is 38.1 Å². The molecule has 0 heterocycles. The van der Waals surface area contributed by atoms with Gasteiger partial charge >= 0.3 is 0 Å². The van der Waals surface area contributed by atoms with Crippen molar-refractivity contribution in [2.45, 2.75) is 40.2 Å². The van der Waals surface area contributed by atoms with Crippen LogP contribution in [0, 0.1) is 11.3 Å². The molecule has 0 aliphatic heterocycles. The van der Waals surface area contributed by atoms with E-state index in [4.69, 9.17) is 5.26 Å². The fourth-order valence-corrected chi connectivity index (χ4v) is 2.39. The average Bonchev–Trinajstić information content (AvgIpc) is 2.53. The van der Waals surface area contributed by atoms with Crippen LogP contribution in [0.15, 0.2) is 59.9 Å². The lowest BCUT2D eigenvalue weighted by Gasteiger charge is -2.20. The van der Waals surface area contributed by atoms with Gasteiger partial charge < -0.3 is 5.32 Å². The monoisotopic (exact) mass is 307 g/mol. The second-order valence-corrected chi connectivity index (χ2v) is 5.46. The van der Waals surface area contributed by atoms with Crippen LogP contribution in [-0.2, 0) is 6.42 Å². The number of allylic oxidation sites excluding steroid dienone is 4. The molecular formula is C20H25N3. The minimum Gasteiger partial charge on any atom is -0.378 e. The second kappa shape index (κ2) is 8.75. The van der Waals surface area contributed by atoms with E-state index in [9.17, 15) is 0 Å². The van der Waals surface area contributed by atoms with Gasteiger partial charge in [-0.3, -0.25) is 4.99 Å². The van der Waals surface area contributed by atoms with Gasteiger partial charge in [0.25, 0.3) is 0 Å². The minimum absolute atomic E-state index is 0.0963. The lowest BCUT2D eigenvalue weighted by Crippen LogP contribution is -2.22. The molecule has 3 heteroatoms. The van der Waals surface area contributed by atoms with Gasteiger partial charge in [0.2, 0.25) is 0 Å². The van der Waals surface area contributed by atoms with E-state index in [1.54, 1.807) is 6.08 Å². The van der Waals surface area contributed by atoms with Gasteiger partial charge in [-0.15, -0.1) is 0 Å². The van der Waals surface area contributed by atoms with Crippen LogP contribution in [0.25, 0.3) is 0 Å². The maximum Gasteiger partial charge on any atom is 0.0991 e. The lowest BCUT2D eigenvalue weighted by molar-refractivity contribution is 0.664. The summed E-state index contributed by atoms with van der Waals surface area (Å²) in [6.45, 7) is 15.8. The molecule has 1 rings (SSSR count). The predicted octanol–water partition coefficient (Wildman–Crippen LogP) is 4.84. The van der Waals surface area contributed by atoms with Gasteiger partial charge in [-0.1, -0.05) is 32.2 Å². The maximum absolute atomic E-state index is 9.03. The molecule has 0 saturated heterocycles. The minimum atomic E-state index is 0.0963. The Labute approximate surface area is 139 Å². The van der Waals surface area contributed by atoms with Crippen LogP contribution in [-0.4, -0.2) is 5.71 Å². The largest absolute Gasteiger partial charge is 0.378 e. The van der Waals surface area contributed by atoms with Crippen molar-refractivity contribution in [1.29, 1.82) is 5.26 Å². The molecule has 0 radical (unpaired) electrons. The summed E-state index contributed by atoms with van der Waals surface area (Å²) in [5, 5.41) is 12.4. The van der Waals surface area contributed by atoms with Gasteiger partial charge in [0.15, 0.2) is 0 Å². The molecule has 1 unspecified atom stereocenters. The highest BCUT2D eigenvalue weighted by Gasteiger charge is 2.12. The number of aryl methyl sites for hydroxylation is 1. The smallest absolute Gasteiger partial charge is 0.0991 e. The summed E-state index contributed by atoms with van der Waals surface area (Å²) in [5.41, 5.74) is 5.58. The predicted molar refractivity (Wildman–Crippen MR) is 98.3 cm³/mol. The van der Waals surface area contributed by atoms with Gasteiger partial charge in [0.05, 0.1) is 17.3 Å². The Morgan fingerprint density at radius 3 is 2.70 bits per heavy atom. The Bertz CT molecular complexity index is 687. The molecule has 23 heavy (non-hydrogen) atoms. The Hall–Kier alpha value is -2.60. The first-order chi connectivity index (χ1) is 10.9. The molecule has 0 aliphatic carbocycles. The van der Waals surface area contributed by atoms with Crippen LogP contribution in [0.4, 0.5) is 0 Å². The number of aliphatic imine (C=N–C) groups is 1. The van der Waals surface area contributed by atoms with Gasteiger partial charge in [0.1, 0.15) is 0 Å². The van der Waals surface area contributed by atoms with Crippen molar-refractivity contribution < 1.29 is 0 Å². The number of hydrogen-bond donors (Lipinski definition) is 1. The number of nitrogens with one attached hydrogen (secondary N) is 1. The van der Waals surface area contributed by atoms with Gasteiger partial charge in [0, 0.05) is 17.4 Å².